The summed E-state index contributed by atoms with van der Waals surface area (Å²) in [4.78, 5) is 11.8. The van der Waals surface area contributed by atoms with Crippen molar-refractivity contribution in [3.63, 3.8) is 0 Å². The zero-order valence-corrected chi connectivity index (χ0v) is 18.7. The molecule has 3 aromatic rings. The number of carboxylic acid groups (broad SMARTS) is 1. The van der Waals surface area contributed by atoms with Crippen molar-refractivity contribution in [3.05, 3.63) is 89.5 Å². The van der Waals surface area contributed by atoms with Crippen LogP contribution in [0, 0.1) is 0 Å². The maximum atomic E-state index is 11.8. The van der Waals surface area contributed by atoms with Crippen molar-refractivity contribution < 1.29 is 19.4 Å². The van der Waals surface area contributed by atoms with Crippen LogP contribution in [0.2, 0.25) is 0 Å². The van der Waals surface area contributed by atoms with Crippen LogP contribution in [0.25, 0.3) is 11.1 Å². The quantitative estimate of drug-likeness (QED) is 0.379. The van der Waals surface area contributed by atoms with Gasteiger partial charge in [0.2, 0.25) is 0 Å². The Hall–Kier alpha value is -3.11. The molecule has 0 heterocycles. The monoisotopic (exact) mass is 430 g/mol. The van der Waals surface area contributed by atoms with Crippen molar-refractivity contribution in [3.8, 4) is 16.9 Å². The Morgan fingerprint density at radius 1 is 0.906 bits per heavy atom. The Balaban J connectivity index is 1.36. The van der Waals surface area contributed by atoms with Gasteiger partial charge >= 0.3 is 5.97 Å². The first-order chi connectivity index (χ1) is 15.5. The lowest BCUT2D eigenvalue weighted by Gasteiger charge is -2.25. The fraction of sp³-hybridized carbons (Fsp3) is 0.321. The molecule has 0 amide bonds. The predicted molar refractivity (Wildman–Crippen MR) is 126 cm³/mol. The molecule has 1 atom stereocenters. The van der Waals surface area contributed by atoms with Gasteiger partial charge in [-0.1, -0.05) is 67.6 Å². The van der Waals surface area contributed by atoms with E-state index in [0.29, 0.717) is 24.7 Å². The van der Waals surface area contributed by atoms with Crippen LogP contribution in [0.1, 0.15) is 55.7 Å². The van der Waals surface area contributed by atoms with Gasteiger partial charge in [0.25, 0.3) is 0 Å². The van der Waals surface area contributed by atoms with Crippen molar-refractivity contribution in [2.24, 2.45) is 0 Å². The number of benzene rings is 3. The second-order valence-corrected chi connectivity index (χ2v) is 8.43. The Morgan fingerprint density at radius 3 is 2.06 bits per heavy atom. The Morgan fingerprint density at radius 2 is 1.50 bits per heavy atom. The van der Waals surface area contributed by atoms with Gasteiger partial charge in [0.05, 0.1) is 6.61 Å². The summed E-state index contributed by atoms with van der Waals surface area (Å²) in [6.45, 7) is 4.57. The second kappa shape index (κ2) is 9.58. The molecule has 1 unspecified atom stereocenters. The fourth-order valence-corrected chi connectivity index (χ4v) is 4.49. The number of carbonyl (C=O) groups is 1. The van der Waals surface area contributed by atoms with E-state index in [1.807, 2.05) is 19.1 Å². The van der Waals surface area contributed by atoms with Crippen LogP contribution in [0.4, 0.5) is 0 Å². The third-order valence-corrected chi connectivity index (χ3v) is 6.28. The van der Waals surface area contributed by atoms with Crippen molar-refractivity contribution in [1.29, 1.82) is 0 Å². The minimum atomic E-state index is -1.35. The van der Waals surface area contributed by atoms with Crippen LogP contribution < -0.4 is 4.74 Å². The van der Waals surface area contributed by atoms with Gasteiger partial charge in [0, 0.05) is 12.5 Å². The lowest BCUT2D eigenvalue weighted by Crippen LogP contribution is -2.35. The summed E-state index contributed by atoms with van der Waals surface area (Å²) in [6, 6.07) is 24.5. The number of carboxylic acids is 1. The summed E-state index contributed by atoms with van der Waals surface area (Å²) >= 11 is 0. The third kappa shape index (κ3) is 4.28. The zero-order valence-electron chi connectivity index (χ0n) is 18.7. The summed E-state index contributed by atoms with van der Waals surface area (Å²) in [5.41, 5.74) is 4.76. The van der Waals surface area contributed by atoms with Crippen LogP contribution in [0.3, 0.4) is 0 Å². The first kappa shape index (κ1) is 22.1. The van der Waals surface area contributed by atoms with E-state index in [-0.39, 0.29) is 0 Å². The first-order valence-electron chi connectivity index (χ1n) is 11.3. The standard InChI is InChI=1S/C28H30O4/c1-3-18-32-28(2,27(29)30)20-14-16-21(17-15-20)31-19-8-13-26-24-11-6-4-9-22(24)23-10-5-7-12-25(23)26/h4-7,9-12,14-17,26H,3,8,13,18-19H2,1-2H3,(H,29,30). The molecule has 0 spiro atoms. The summed E-state index contributed by atoms with van der Waals surface area (Å²) < 4.78 is 11.6. The molecule has 0 fully saturated rings. The Kier molecular flexibility index (Phi) is 6.61. The molecule has 3 aromatic carbocycles. The Labute approximate surface area is 189 Å². The molecule has 0 bridgehead atoms. The minimum Gasteiger partial charge on any atom is -0.494 e. The van der Waals surface area contributed by atoms with Gasteiger partial charge in [-0.3, -0.25) is 0 Å². The first-order valence-corrected chi connectivity index (χ1v) is 11.3. The summed E-state index contributed by atoms with van der Waals surface area (Å²) in [5.74, 6) is 0.154. The van der Waals surface area contributed by atoms with E-state index in [1.165, 1.54) is 22.3 Å². The summed E-state index contributed by atoms with van der Waals surface area (Å²) in [7, 11) is 0. The molecule has 32 heavy (non-hydrogen) atoms. The highest BCUT2D eigenvalue weighted by Crippen LogP contribution is 2.46. The van der Waals surface area contributed by atoms with E-state index in [1.54, 1.807) is 19.1 Å². The molecular formula is C28H30O4. The highest BCUT2D eigenvalue weighted by molar-refractivity contribution is 5.79. The molecule has 1 aliphatic carbocycles. The van der Waals surface area contributed by atoms with Crippen molar-refractivity contribution >= 4 is 5.97 Å². The molecule has 0 aromatic heterocycles. The minimum absolute atomic E-state index is 0.397. The largest absolute Gasteiger partial charge is 0.494 e. The van der Waals surface area contributed by atoms with Gasteiger partial charge in [-0.05, 0) is 66.1 Å². The van der Waals surface area contributed by atoms with Crippen LogP contribution in [-0.2, 0) is 15.1 Å². The Bertz CT molecular complexity index is 1030. The van der Waals surface area contributed by atoms with Crippen molar-refractivity contribution in [1.82, 2.24) is 0 Å². The molecule has 4 heteroatoms. The fourth-order valence-electron chi connectivity index (χ4n) is 4.49. The molecule has 4 rings (SSSR count). The lowest BCUT2D eigenvalue weighted by atomic mass is 9.92. The molecule has 1 N–H and O–H groups in total. The molecule has 4 nitrogen and oxygen atoms in total. The van der Waals surface area contributed by atoms with E-state index in [0.717, 1.165) is 25.0 Å². The molecule has 1 aliphatic rings. The predicted octanol–water partition coefficient (Wildman–Crippen LogP) is 6.38. The van der Waals surface area contributed by atoms with E-state index in [4.69, 9.17) is 9.47 Å². The van der Waals surface area contributed by atoms with E-state index in [2.05, 4.69) is 48.5 Å². The highest BCUT2D eigenvalue weighted by atomic mass is 16.5. The normalized spacial score (nSPS) is 14.4. The van der Waals surface area contributed by atoms with Gasteiger partial charge in [0.1, 0.15) is 5.75 Å². The molecule has 0 aliphatic heterocycles. The van der Waals surface area contributed by atoms with E-state index >= 15 is 0 Å². The number of fused-ring (bicyclic) bond motifs is 3. The molecule has 0 radical (unpaired) electrons. The van der Waals surface area contributed by atoms with Crippen LogP contribution in [-0.4, -0.2) is 24.3 Å². The van der Waals surface area contributed by atoms with Crippen LogP contribution in [0.5, 0.6) is 5.75 Å². The van der Waals surface area contributed by atoms with Crippen molar-refractivity contribution in [2.45, 2.75) is 44.6 Å². The zero-order chi connectivity index (χ0) is 22.6. The highest BCUT2D eigenvalue weighted by Gasteiger charge is 2.36. The maximum Gasteiger partial charge on any atom is 0.340 e. The number of ether oxygens (including phenoxy) is 2. The van der Waals surface area contributed by atoms with Gasteiger partial charge in [-0.25, -0.2) is 4.79 Å². The number of hydrogen-bond acceptors (Lipinski definition) is 3. The average molecular weight is 431 g/mol. The molecule has 0 saturated carbocycles. The number of hydrogen-bond donors (Lipinski definition) is 1. The van der Waals surface area contributed by atoms with Gasteiger partial charge in [-0.15, -0.1) is 0 Å². The molecule has 166 valence electrons. The molecular weight excluding hydrogens is 400 g/mol. The number of aliphatic carboxylic acids is 1. The van der Waals surface area contributed by atoms with E-state index in [9.17, 15) is 9.90 Å². The van der Waals surface area contributed by atoms with Crippen molar-refractivity contribution in [2.75, 3.05) is 13.2 Å². The summed E-state index contributed by atoms with van der Waals surface area (Å²) in [6.07, 6.45) is 2.72. The van der Waals surface area contributed by atoms with Crippen LogP contribution >= 0.6 is 0 Å². The smallest absolute Gasteiger partial charge is 0.340 e. The third-order valence-electron chi connectivity index (χ3n) is 6.28. The van der Waals surface area contributed by atoms with E-state index < -0.39 is 11.6 Å². The van der Waals surface area contributed by atoms with Gasteiger partial charge < -0.3 is 14.6 Å². The second-order valence-electron chi connectivity index (χ2n) is 8.43. The molecule has 0 saturated heterocycles. The summed E-state index contributed by atoms with van der Waals surface area (Å²) in [5, 5.41) is 9.64. The van der Waals surface area contributed by atoms with Gasteiger partial charge in [0.15, 0.2) is 5.60 Å². The lowest BCUT2D eigenvalue weighted by molar-refractivity contribution is -0.165. The SMILES string of the molecule is CCCOC(C)(C(=O)O)c1ccc(OCCCC2c3ccccc3-c3ccccc32)cc1. The number of rotatable bonds is 10. The average Bonchev–Trinajstić information content (AvgIpc) is 3.14. The van der Waals surface area contributed by atoms with Gasteiger partial charge in [-0.2, -0.15) is 0 Å². The topological polar surface area (TPSA) is 55.8 Å². The maximum absolute atomic E-state index is 11.8. The van der Waals surface area contributed by atoms with Crippen LogP contribution in [0.15, 0.2) is 72.8 Å².